The van der Waals surface area contributed by atoms with E-state index in [0.29, 0.717) is 0 Å². The van der Waals surface area contributed by atoms with E-state index in [9.17, 15) is 0 Å². The Labute approximate surface area is 36.4 Å². The Hall–Kier alpha value is -0.0226. The predicted molar refractivity (Wildman–Crippen MR) is 16.2 cm³/mol. The van der Waals surface area contributed by atoms with E-state index < -0.39 is 0 Å². The number of hydrogen-bond acceptors (Lipinski definition) is 2. The van der Waals surface area contributed by atoms with Crippen LogP contribution in [0.3, 0.4) is 0 Å². The molecule has 0 aromatic carbocycles. The van der Waals surface area contributed by atoms with E-state index in [4.69, 9.17) is 10.8 Å². The molecule has 0 aromatic heterocycles. The number of nitrogens with one attached hydrogen (secondary N) is 2. The second kappa shape index (κ2) is 12.2. The summed E-state index contributed by atoms with van der Waals surface area (Å²) in [5.74, 6) is 0. The Morgan fingerprint density at radius 3 is 1.25 bits per heavy atom. The predicted octanol–water partition coefficient (Wildman–Crippen LogP) is -0.0630. The summed E-state index contributed by atoms with van der Waals surface area (Å²) >= 11 is 0. The van der Waals surface area contributed by atoms with Gasteiger partial charge in [-0.15, -0.1) is 0 Å². The standard InChI is InChI=1S/CH2N2.Li/c2-1-3;/h2-3H;. The third kappa shape index (κ3) is 3700. The average molecular weight is 49.0 g/mol. The van der Waals surface area contributed by atoms with E-state index >= 15 is 0 Å². The van der Waals surface area contributed by atoms with Gasteiger partial charge in [0.2, 0.25) is 0 Å². The van der Waals surface area contributed by atoms with Crippen molar-refractivity contribution in [2.24, 2.45) is 0 Å². The van der Waals surface area contributed by atoms with Crippen molar-refractivity contribution in [1.29, 1.82) is 10.8 Å². The largest absolute Gasteiger partial charge is 0.242 e. The fraction of sp³-hybridized carbons (Fsp3) is 0. The molecular weight excluding hydrogens is 47.0 g/mol. The van der Waals surface area contributed by atoms with Crippen LogP contribution in [-0.4, -0.2) is 24.9 Å². The summed E-state index contributed by atoms with van der Waals surface area (Å²) < 4.78 is 0. The van der Waals surface area contributed by atoms with Crippen molar-refractivity contribution in [3.05, 3.63) is 0 Å². The van der Waals surface area contributed by atoms with Crippen LogP contribution < -0.4 is 0 Å². The Morgan fingerprint density at radius 1 is 1.25 bits per heavy atom. The molecule has 0 saturated heterocycles. The van der Waals surface area contributed by atoms with Crippen molar-refractivity contribution in [2.75, 3.05) is 0 Å². The van der Waals surface area contributed by atoms with Gasteiger partial charge in [-0.3, -0.25) is 0 Å². The summed E-state index contributed by atoms with van der Waals surface area (Å²) in [5.41, 5.74) is 0. The summed E-state index contributed by atoms with van der Waals surface area (Å²) in [6, 6.07) is 1.25. The Morgan fingerprint density at radius 2 is 1.25 bits per heavy atom. The second-order valence-electron chi connectivity index (χ2n) is 0.125. The van der Waals surface area contributed by atoms with Gasteiger partial charge < -0.3 is 0 Å². The molecular formula is CH2LiN2. The molecule has 1 radical (unpaired) electrons. The van der Waals surface area contributed by atoms with Gasteiger partial charge in [0.1, 0.15) is 0 Å². The monoisotopic (exact) mass is 49.0 g/mol. The van der Waals surface area contributed by atoms with Crippen molar-refractivity contribution in [3.8, 4) is 0 Å². The molecule has 0 aliphatic carbocycles. The molecule has 0 rings (SSSR count). The van der Waals surface area contributed by atoms with Gasteiger partial charge in [-0.25, -0.2) is 10.8 Å². The molecule has 0 bridgehead atoms. The third-order valence-electron chi connectivity index (χ3n) is 0. The first-order chi connectivity index (χ1) is 1.41. The van der Waals surface area contributed by atoms with E-state index in [-0.39, 0.29) is 18.9 Å². The quantitative estimate of drug-likeness (QED) is 0.285. The topological polar surface area (TPSA) is 47.7 Å². The SMILES string of the molecule is N=C=N.[Li]. The third-order valence-corrected chi connectivity index (χ3v) is 0. The van der Waals surface area contributed by atoms with Gasteiger partial charge in [0.05, 0.1) is 6.01 Å². The summed E-state index contributed by atoms with van der Waals surface area (Å²) in [4.78, 5) is 0. The zero-order valence-corrected chi connectivity index (χ0v) is 2.50. The summed E-state index contributed by atoms with van der Waals surface area (Å²) in [5, 5.41) is 11.2. The van der Waals surface area contributed by atoms with Crippen molar-refractivity contribution in [1.82, 2.24) is 0 Å². The molecule has 4 heavy (non-hydrogen) atoms. The maximum atomic E-state index is 5.62. The molecule has 2 N–H and O–H groups in total. The van der Waals surface area contributed by atoms with E-state index in [0.717, 1.165) is 0 Å². The van der Waals surface area contributed by atoms with Gasteiger partial charge in [0, 0.05) is 18.9 Å². The van der Waals surface area contributed by atoms with E-state index in [1.807, 2.05) is 0 Å². The molecule has 3 heteroatoms. The minimum atomic E-state index is 0. The molecule has 17 valence electrons. The first-order valence-corrected chi connectivity index (χ1v) is 0.500. The number of hydrogen-bond donors (Lipinski definition) is 2. The van der Waals surface area contributed by atoms with E-state index in [1.54, 1.807) is 0 Å². The Balaban J connectivity index is 0. The van der Waals surface area contributed by atoms with Gasteiger partial charge in [-0.2, -0.15) is 0 Å². The van der Waals surface area contributed by atoms with Gasteiger partial charge >= 0.3 is 0 Å². The smallest absolute Gasteiger partial charge is 0.0831 e. The fourth-order valence-corrected chi connectivity index (χ4v) is 0. The first kappa shape index (κ1) is 9.02. The zero-order valence-electron chi connectivity index (χ0n) is 2.50. The molecule has 0 saturated carbocycles. The molecule has 0 unspecified atom stereocenters. The van der Waals surface area contributed by atoms with Crippen LogP contribution in [0.25, 0.3) is 0 Å². The van der Waals surface area contributed by atoms with Crippen LogP contribution in [0.15, 0.2) is 0 Å². The Bertz CT molecular complexity index is 27.0. The summed E-state index contributed by atoms with van der Waals surface area (Å²) in [7, 11) is 0. The molecule has 0 aliphatic heterocycles. The fourth-order valence-electron chi connectivity index (χ4n) is 0. The summed E-state index contributed by atoms with van der Waals surface area (Å²) in [6.45, 7) is 0. The molecule has 2 nitrogen and oxygen atoms in total. The maximum Gasteiger partial charge on any atom is 0.0831 e. The van der Waals surface area contributed by atoms with Crippen LogP contribution in [0.5, 0.6) is 0 Å². The van der Waals surface area contributed by atoms with Crippen molar-refractivity contribution in [2.45, 2.75) is 0 Å². The molecule has 0 aliphatic rings. The van der Waals surface area contributed by atoms with Crippen LogP contribution in [0.1, 0.15) is 0 Å². The molecule has 0 spiro atoms. The van der Waals surface area contributed by atoms with Crippen molar-refractivity contribution < 1.29 is 0 Å². The minimum Gasteiger partial charge on any atom is -0.242 e. The van der Waals surface area contributed by atoms with Gasteiger partial charge in [-0.05, 0) is 0 Å². The maximum absolute atomic E-state index is 5.62. The first-order valence-electron chi connectivity index (χ1n) is 0.500. The molecule has 0 heterocycles. The van der Waals surface area contributed by atoms with Crippen LogP contribution >= 0.6 is 0 Å². The minimum absolute atomic E-state index is 0. The zero-order chi connectivity index (χ0) is 2.71. The van der Waals surface area contributed by atoms with Gasteiger partial charge in [0.15, 0.2) is 0 Å². The molecule has 0 atom stereocenters. The summed E-state index contributed by atoms with van der Waals surface area (Å²) in [6.07, 6.45) is 0. The van der Waals surface area contributed by atoms with E-state index in [2.05, 4.69) is 0 Å². The molecule has 0 aromatic rings. The van der Waals surface area contributed by atoms with Crippen LogP contribution in [0, 0.1) is 10.8 Å². The Kier molecular flexibility index (Phi) is 27.5. The number of rotatable bonds is 0. The normalized spacial score (nSPS) is 2.00. The molecule has 0 amide bonds. The molecule has 0 fully saturated rings. The second-order valence-corrected chi connectivity index (χ2v) is 0.125. The van der Waals surface area contributed by atoms with Crippen molar-refractivity contribution >= 4 is 24.9 Å². The van der Waals surface area contributed by atoms with Crippen LogP contribution in [-0.2, 0) is 0 Å². The van der Waals surface area contributed by atoms with E-state index in [1.165, 1.54) is 6.01 Å². The van der Waals surface area contributed by atoms with Gasteiger partial charge in [0.25, 0.3) is 0 Å². The average Bonchev–Trinajstić information content (AvgIpc) is 0.918. The van der Waals surface area contributed by atoms with Crippen LogP contribution in [0.4, 0.5) is 0 Å². The van der Waals surface area contributed by atoms with Crippen LogP contribution in [0.2, 0.25) is 0 Å². The van der Waals surface area contributed by atoms with Gasteiger partial charge in [-0.1, -0.05) is 0 Å². The van der Waals surface area contributed by atoms with Crippen molar-refractivity contribution in [3.63, 3.8) is 0 Å².